The monoisotopic (exact) mass is 234 g/mol. The number of aromatic nitrogens is 1. The van der Waals surface area contributed by atoms with Gasteiger partial charge in [-0.25, -0.2) is 0 Å². The highest BCUT2D eigenvalue weighted by atomic mass is 15.3. The molecule has 1 aliphatic heterocycles. The third-order valence-electron chi connectivity index (χ3n) is 3.42. The Morgan fingerprint density at radius 2 is 2.00 bits per heavy atom. The van der Waals surface area contributed by atoms with Gasteiger partial charge in [0.1, 0.15) is 0 Å². The fraction of sp³-hybridized carbons (Fsp3) is 0.615. The van der Waals surface area contributed by atoms with Crippen LogP contribution in [-0.2, 0) is 6.54 Å². The Hall–Kier alpha value is -1.13. The van der Waals surface area contributed by atoms with Crippen molar-refractivity contribution in [2.75, 3.05) is 31.1 Å². The number of rotatable bonds is 3. The van der Waals surface area contributed by atoms with Crippen molar-refractivity contribution < 1.29 is 0 Å². The highest BCUT2D eigenvalue weighted by molar-refractivity contribution is 5.47. The Labute approximate surface area is 103 Å². The number of nitrogens with zero attached hydrogens (tertiary/aromatic N) is 3. The molecule has 2 heterocycles. The third-order valence-corrected chi connectivity index (χ3v) is 3.42. The molecule has 0 atom stereocenters. The van der Waals surface area contributed by atoms with E-state index in [9.17, 15) is 0 Å². The second kappa shape index (κ2) is 5.47. The minimum absolute atomic E-state index is 0.514. The molecule has 0 saturated carbocycles. The summed E-state index contributed by atoms with van der Waals surface area (Å²) >= 11 is 0. The molecule has 1 saturated heterocycles. The van der Waals surface area contributed by atoms with Crippen LogP contribution in [0.4, 0.5) is 5.69 Å². The standard InChI is InChI=1S/C13H22N4/c1-11(2)16-5-7-17(8-6-16)13-3-4-15-12(9-13)10-14/h3-4,9,11H,5-8,10,14H2,1-2H3. The van der Waals surface area contributed by atoms with Gasteiger partial charge in [0.15, 0.2) is 0 Å². The Morgan fingerprint density at radius 3 is 2.59 bits per heavy atom. The predicted octanol–water partition coefficient (Wildman–Crippen LogP) is 1.07. The van der Waals surface area contributed by atoms with Crippen molar-refractivity contribution in [3.8, 4) is 0 Å². The molecule has 94 valence electrons. The molecule has 0 spiro atoms. The topological polar surface area (TPSA) is 45.4 Å². The molecular formula is C13H22N4. The molecule has 1 aliphatic rings. The fourth-order valence-corrected chi connectivity index (χ4v) is 2.27. The van der Waals surface area contributed by atoms with Crippen LogP contribution in [0.25, 0.3) is 0 Å². The van der Waals surface area contributed by atoms with Crippen LogP contribution in [-0.4, -0.2) is 42.1 Å². The first-order chi connectivity index (χ1) is 8.20. The van der Waals surface area contributed by atoms with Crippen molar-refractivity contribution in [2.24, 2.45) is 5.73 Å². The molecule has 4 heteroatoms. The molecule has 0 aromatic carbocycles. The van der Waals surface area contributed by atoms with Crippen molar-refractivity contribution in [1.29, 1.82) is 0 Å². The van der Waals surface area contributed by atoms with Crippen LogP contribution in [0.15, 0.2) is 18.3 Å². The van der Waals surface area contributed by atoms with Crippen LogP contribution in [0.1, 0.15) is 19.5 Å². The number of hydrogen-bond donors (Lipinski definition) is 1. The minimum Gasteiger partial charge on any atom is -0.369 e. The van der Waals surface area contributed by atoms with E-state index in [1.165, 1.54) is 5.69 Å². The fourth-order valence-electron chi connectivity index (χ4n) is 2.27. The molecule has 2 N–H and O–H groups in total. The van der Waals surface area contributed by atoms with E-state index in [0.29, 0.717) is 12.6 Å². The molecule has 1 aromatic heterocycles. The van der Waals surface area contributed by atoms with Crippen molar-refractivity contribution in [3.63, 3.8) is 0 Å². The van der Waals surface area contributed by atoms with E-state index in [1.54, 1.807) is 0 Å². The molecule has 0 bridgehead atoms. The van der Waals surface area contributed by atoms with Crippen molar-refractivity contribution in [3.05, 3.63) is 24.0 Å². The predicted molar refractivity (Wildman–Crippen MR) is 71.1 cm³/mol. The lowest BCUT2D eigenvalue weighted by molar-refractivity contribution is 0.209. The SMILES string of the molecule is CC(C)N1CCN(c2ccnc(CN)c2)CC1. The van der Waals surface area contributed by atoms with Crippen molar-refractivity contribution >= 4 is 5.69 Å². The van der Waals surface area contributed by atoms with Gasteiger partial charge in [0.05, 0.1) is 5.69 Å². The average molecular weight is 234 g/mol. The summed E-state index contributed by atoms with van der Waals surface area (Å²) < 4.78 is 0. The largest absolute Gasteiger partial charge is 0.369 e. The van der Waals surface area contributed by atoms with Gasteiger partial charge in [-0.2, -0.15) is 0 Å². The van der Waals surface area contributed by atoms with Crippen LogP contribution in [0, 0.1) is 0 Å². The van der Waals surface area contributed by atoms with E-state index in [0.717, 1.165) is 31.9 Å². The average Bonchev–Trinajstić information content (AvgIpc) is 2.39. The second-order valence-electron chi connectivity index (χ2n) is 4.83. The summed E-state index contributed by atoms with van der Waals surface area (Å²) in [5.41, 5.74) is 7.84. The van der Waals surface area contributed by atoms with E-state index in [2.05, 4.69) is 40.8 Å². The summed E-state index contributed by atoms with van der Waals surface area (Å²) in [7, 11) is 0. The van der Waals surface area contributed by atoms with E-state index in [4.69, 9.17) is 5.73 Å². The van der Waals surface area contributed by atoms with E-state index >= 15 is 0 Å². The first kappa shape index (κ1) is 12.3. The third kappa shape index (κ3) is 2.96. The van der Waals surface area contributed by atoms with Crippen LogP contribution in [0.3, 0.4) is 0 Å². The quantitative estimate of drug-likeness (QED) is 0.850. The summed E-state index contributed by atoms with van der Waals surface area (Å²) in [6.07, 6.45) is 1.85. The molecular weight excluding hydrogens is 212 g/mol. The summed E-state index contributed by atoms with van der Waals surface area (Å²) in [6, 6.07) is 4.82. The molecule has 1 fully saturated rings. The highest BCUT2D eigenvalue weighted by Crippen LogP contribution is 2.17. The number of piperazine rings is 1. The second-order valence-corrected chi connectivity index (χ2v) is 4.83. The molecule has 1 aromatic rings. The molecule has 2 rings (SSSR count). The lowest BCUT2D eigenvalue weighted by Gasteiger charge is -2.38. The van der Waals surface area contributed by atoms with Gasteiger partial charge in [-0.3, -0.25) is 9.88 Å². The highest BCUT2D eigenvalue weighted by Gasteiger charge is 2.18. The van der Waals surface area contributed by atoms with Crippen molar-refractivity contribution in [1.82, 2.24) is 9.88 Å². The lowest BCUT2D eigenvalue weighted by Crippen LogP contribution is -2.48. The first-order valence-electron chi connectivity index (χ1n) is 6.34. The molecule has 17 heavy (non-hydrogen) atoms. The molecule has 0 unspecified atom stereocenters. The Kier molecular flexibility index (Phi) is 3.97. The van der Waals surface area contributed by atoms with Crippen LogP contribution < -0.4 is 10.6 Å². The Balaban J connectivity index is 2.00. The maximum Gasteiger partial charge on any atom is 0.0560 e. The zero-order valence-electron chi connectivity index (χ0n) is 10.8. The van der Waals surface area contributed by atoms with Gasteiger partial charge in [-0.05, 0) is 26.0 Å². The van der Waals surface area contributed by atoms with Crippen LogP contribution >= 0.6 is 0 Å². The lowest BCUT2D eigenvalue weighted by atomic mass is 10.2. The van der Waals surface area contributed by atoms with Crippen LogP contribution in [0.5, 0.6) is 0 Å². The summed E-state index contributed by atoms with van der Waals surface area (Å²) in [5, 5.41) is 0. The summed E-state index contributed by atoms with van der Waals surface area (Å²) in [6.45, 7) is 9.48. The van der Waals surface area contributed by atoms with E-state index < -0.39 is 0 Å². The molecule has 0 amide bonds. The number of nitrogens with two attached hydrogens (primary N) is 1. The minimum atomic E-state index is 0.514. The van der Waals surface area contributed by atoms with Gasteiger partial charge >= 0.3 is 0 Å². The van der Waals surface area contributed by atoms with Gasteiger partial charge in [-0.1, -0.05) is 0 Å². The summed E-state index contributed by atoms with van der Waals surface area (Å²) in [5.74, 6) is 0. The normalized spacial score (nSPS) is 17.8. The van der Waals surface area contributed by atoms with E-state index in [-0.39, 0.29) is 0 Å². The maximum absolute atomic E-state index is 5.62. The molecule has 0 radical (unpaired) electrons. The van der Waals surface area contributed by atoms with Gasteiger partial charge in [0.25, 0.3) is 0 Å². The number of hydrogen-bond acceptors (Lipinski definition) is 4. The zero-order chi connectivity index (χ0) is 12.3. The van der Waals surface area contributed by atoms with Gasteiger partial charge < -0.3 is 10.6 Å². The van der Waals surface area contributed by atoms with Gasteiger partial charge in [0, 0.05) is 50.6 Å². The number of pyridine rings is 1. The van der Waals surface area contributed by atoms with Gasteiger partial charge in [0.2, 0.25) is 0 Å². The first-order valence-corrected chi connectivity index (χ1v) is 6.34. The maximum atomic E-state index is 5.62. The molecule has 4 nitrogen and oxygen atoms in total. The summed E-state index contributed by atoms with van der Waals surface area (Å²) in [4.78, 5) is 9.17. The van der Waals surface area contributed by atoms with Crippen LogP contribution in [0.2, 0.25) is 0 Å². The van der Waals surface area contributed by atoms with Crippen molar-refractivity contribution in [2.45, 2.75) is 26.4 Å². The number of anilines is 1. The van der Waals surface area contributed by atoms with E-state index in [1.807, 2.05) is 6.20 Å². The molecule has 0 aliphatic carbocycles. The Morgan fingerprint density at radius 1 is 1.29 bits per heavy atom. The zero-order valence-corrected chi connectivity index (χ0v) is 10.8. The Bertz CT molecular complexity index is 356. The smallest absolute Gasteiger partial charge is 0.0560 e. The van der Waals surface area contributed by atoms with Gasteiger partial charge in [-0.15, -0.1) is 0 Å².